The molecule has 0 heterocycles. The summed E-state index contributed by atoms with van der Waals surface area (Å²) in [4.78, 5) is 0. The number of hydrogen-bond acceptors (Lipinski definition) is 2. The van der Waals surface area contributed by atoms with Gasteiger partial charge in [-0.15, -0.1) is 11.6 Å². The number of hydrogen-bond donors (Lipinski definition) is 1. The molecule has 0 aliphatic heterocycles. The highest BCUT2D eigenvalue weighted by Gasteiger charge is 2.12. The second kappa shape index (κ2) is 6.12. The molecule has 2 nitrogen and oxygen atoms in total. The van der Waals surface area contributed by atoms with Crippen LogP contribution in [0.15, 0.2) is 18.2 Å². The van der Waals surface area contributed by atoms with Crippen molar-refractivity contribution in [3.05, 3.63) is 29.3 Å². The van der Waals surface area contributed by atoms with Crippen LogP contribution in [-0.2, 0) is 0 Å². The first kappa shape index (κ1) is 13.3. The summed E-state index contributed by atoms with van der Waals surface area (Å²) in [6.45, 7) is 4.21. The van der Waals surface area contributed by atoms with E-state index in [1.165, 1.54) is 0 Å². The zero-order chi connectivity index (χ0) is 12.1. The predicted octanol–water partition coefficient (Wildman–Crippen LogP) is 3.48. The van der Waals surface area contributed by atoms with Gasteiger partial charge < -0.3 is 9.84 Å². The van der Waals surface area contributed by atoms with Crippen molar-refractivity contribution >= 4 is 11.6 Å². The lowest BCUT2D eigenvalue weighted by Gasteiger charge is -2.16. The van der Waals surface area contributed by atoms with Crippen LogP contribution in [0.1, 0.15) is 43.4 Å². The molecule has 90 valence electrons. The summed E-state index contributed by atoms with van der Waals surface area (Å²) in [5.74, 6) is 1.71. The van der Waals surface area contributed by atoms with Crippen LogP contribution in [0.2, 0.25) is 0 Å². The molecular weight excluding hydrogens is 224 g/mol. The van der Waals surface area contributed by atoms with Crippen molar-refractivity contribution in [1.82, 2.24) is 0 Å². The number of aliphatic hydroxyl groups is 1. The minimum atomic E-state index is -0.485. The molecule has 0 aliphatic carbocycles. The minimum absolute atomic E-state index is 0.373. The van der Waals surface area contributed by atoms with Gasteiger partial charge in [-0.25, -0.2) is 0 Å². The Hall–Kier alpha value is -0.730. The van der Waals surface area contributed by atoms with Gasteiger partial charge in [0.2, 0.25) is 0 Å². The number of aliphatic hydroxyl groups excluding tert-OH is 1. The summed E-state index contributed by atoms with van der Waals surface area (Å²) in [6.07, 6.45) is 0.0895. The van der Waals surface area contributed by atoms with Gasteiger partial charge in [0.25, 0.3) is 0 Å². The Morgan fingerprint density at radius 2 is 2.06 bits per heavy atom. The Balaban J connectivity index is 3.01. The van der Waals surface area contributed by atoms with Gasteiger partial charge in [-0.05, 0) is 35.6 Å². The topological polar surface area (TPSA) is 29.5 Å². The summed E-state index contributed by atoms with van der Waals surface area (Å²) in [5.41, 5.74) is 2.03. The smallest absolute Gasteiger partial charge is 0.122 e. The van der Waals surface area contributed by atoms with E-state index in [-0.39, 0.29) is 0 Å². The maximum atomic E-state index is 9.87. The van der Waals surface area contributed by atoms with Gasteiger partial charge in [0.15, 0.2) is 0 Å². The molecule has 1 atom stereocenters. The fourth-order valence-electron chi connectivity index (χ4n) is 1.68. The van der Waals surface area contributed by atoms with Crippen LogP contribution in [0.4, 0.5) is 0 Å². The second-order valence-corrected chi connectivity index (χ2v) is 4.53. The Kier molecular flexibility index (Phi) is 5.10. The van der Waals surface area contributed by atoms with Crippen molar-refractivity contribution in [3.8, 4) is 5.75 Å². The standard InChI is InChI=1S/C13H19ClO2/c1-9(2)11-8-10(12(15)6-7-14)4-5-13(11)16-3/h4-5,8-9,12,15H,6-7H2,1-3H3. The number of alkyl halides is 1. The van der Waals surface area contributed by atoms with Gasteiger partial charge in [-0.3, -0.25) is 0 Å². The van der Waals surface area contributed by atoms with E-state index >= 15 is 0 Å². The summed E-state index contributed by atoms with van der Waals surface area (Å²) >= 11 is 5.62. The lowest BCUT2D eigenvalue weighted by molar-refractivity contribution is 0.174. The second-order valence-electron chi connectivity index (χ2n) is 4.15. The molecule has 16 heavy (non-hydrogen) atoms. The fourth-order valence-corrected chi connectivity index (χ4v) is 1.89. The maximum Gasteiger partial charge on any atom is 0.122 e. The molecular formula is C13H19ClO2. The number of benzene rings is 1. The third-order valence-electron chi connectivity index (χ3n) is 2.64. The van der Waals surface area contributed by atoms with Gasteiger partial charge in [-0.2, -0.15) is 0 Å². The summed E-state index contributed by atoms with van der Waals surface area (Å²) < 4.78 is 5.29. The molecule has 3 heteroatoms. The molecule has 0 bridgehead atoms. The van der Waals surface area contributed by atoms with Gasteiger partial charge in [0.05, 0.1) is 13.2 Å². The zero-order valence-electron chi connectivity index (χ0n) is 10.0. The number of methoxy groups -OCH3 is 1. The fraction of sp³-hybridized carbons (Fsp3) is 0.538. The summed E-state index contributed by atoms with van der Waals surface area (Å²) in [7, 11) is 1.66. The van der Waals surface area contributed by atoms with E-state index in [0.29, 0.717) is 18.2 Å². The lowest BCUT2D eigenvalue weighted by atomic mass is 9.97. The quantitative estimate of drug-likeness (QED) is 0.801. The minimum Gasteiger partial charge on any atom is -0.496 e. The van der Waals surface area contributed by atoms with E-state index in [2.05, 4.69) is 13.8 Å². The third kappa shape index (κ3) is 3.13. The SMILES string of the molecule is COc1ccc(C(O)CCCl)cc1C(C)C. The molecule has 1 rings (SSSR count). The molecule has 1 unspecified atom stereocenters. The number of rotatable bonds is 5. The number of halogens is 1. The van der Waals surface area contributed by atoms with Gasteiger partial charge in [0.1, 0.15) is 5.75 Å². The first-order valence-corrected chi connectivity index (χ1v) is 6.05. The monoisotopic (exact) mass is 242 g/mol. The zero-order valence-corrected chi connectivity index (χ0v) is 10.8. The van der Waals surface area contributed by atoms with Gasteiger partial charge in [-0.1, -0.05) is 19.9 Å². The highest BCUT2D eigenvalue weighted by Crippen LogP contribution is 2.30. The molecule has 0 radical (unpaired) electrons. The number of ether oxygens (including phenoxy) is 1. The van der Waals surface area contributed by atoms with E-state index in [4.69, 9.17) is 16.3 Å². The Morgan fingerprint density at radius 3 is 2.56 bits per heavy atom. The van der Waals surface area contributed by atoms with E-state index in [0.717, 1.165) is 16.9 Å². The first-order valence-electron chi connectivity index (χ1n) is 5.52. The van der Waals surface area contributed by atoms with Crippen LogP contribution in [0.25, 0.3) is 0 Å². The van der Waals surface area contributed by atoms with Crippen LogP contribution >= 0.6 is 11.6 Å². The van der Waals surface area contributed by atoms with Crippen LogP contribution in [0.3, 0.4) is 0 Å². The molecule has 1 aromatic carbocycles. The first-order chi connectivity index (χ1) is 7.60. The molecule has 1 aromatic rings. The average molecular weight is 243 g/mol. The van der Waals surface area contributed by atoms with E-state index in [1.54, 1.807) is 7.11 Å². The van der Waals surface area contributed by atoms with Crippen molar-refractivity contribution in [1.29, 1.82) is 0 Å². The average Bonchev–Trinajstić information content (AvgIpc) is 2.28. The van der Waals surface area contributed by atoms with E-state index in [9.17, 15) is 5.11 Å². The van der Waals surface area contributed by atoms with Crippen molar-refractivity contribution in [2.75, 3.05) is 13.0 Å². The Bertz CT molecular complexity index is 337. The molecule has 0 aromatic heterocycles. The molecule has 0 aliphatic rings. The van der Waals surface area contributed by atoms with Crippen LogP contribution in [-0.4, -0.2) is 18.1 Å². The summed E-state index contributed by atoms with van der Waals surface area (Å²) in [6, 6.07) is 5.80. The van der Waals surface area contributed by atoms with Gasteiger partial charge in [0, 0.05) is 5.88 Å². The molecule has 1 N–H and O–H groups in total. The molecule has 0 fully saturated rings. The normalized spacial score (nSPS) is 12.9. The molecule has 0 saturated carbocycles. The molecule has 0 saturated heterocycles. The van der Waals surface area contributed by atoms with Crippen molar-refractivity contribution in [2.45, 2.75) is 32.3 Å². The third-order valence-corrected chi connectivity index (χ3v) is 2.86. The highest BCUT2D eigenvalue weighted by molar-refractivity contribution is 6.17. The van der Waals surface area contributed by atoms with Crippen LogP contribution in [0.5, 0.6) is 5.75 Å². The van der Waals surface area contributed by atoms with Crippen molar-refractivity contribution in [2.24, 2.45) is 0 Å². The largest absolute Gasteiger partial charge is 0.496 e. The predicted molar refractivity (Wildman–Crippen MR) is 67.4 cm³/mol. The van der Waals surface area contributed by atoms with Crippen LogP contribution in [0, 0.1) is 0 Å². The van der Waals surface area contributed by atoms with Gasteiger partial charge >= 0.3 is 0 Å². The van der Waals surface area contributed by atoms with Crippen LogP contribution < -0.4 is 4.74 Å². The molecule has 0 amide bonds. The van der Waals surface area contributed by atoms with E-state index in [1.807, 2.05) is 18.2 Å². The lowest BCUT2D eigenvalue weighted by Crippen LogP contribution is -2.01. The Labute approximate surface area is 102 Å². The highest BCUT2D eigenvalue weighted by atomic mass is 35.5. The Morgan fingerprint density at radius 1 is 1.38 bits per heavy atom. The van der Waals surface area contributed by atoms with Crippen molar-refractivity contribution in [3.63, 3.8) is 0 Å². The summed E-state index contributed by atoms with van der Waals surface area (Å²) in [5, 5.41) is 9.87. The maximum absolute atomic E-state index is 9.87. The molecule has 0 spiro atoms. The van der Waals surface area contributed by atoms with Crippen molar-refractivity contribution < 1.29 is 9.84 Å². The van der Waals surface area contributed by atoms with E-state index < -0.39 is 6.10 Å².